The van der Waals surface area contributed by atoms with Gasteiger partial charge in [-0.05, 0) is 11.1 Å². The lowest BCUT2D eigenvalue weighted by molar-refractivity contribution is -0.157. The molecule has 21 heavy (non-hydrogen) atoms. The van der Waals surface area contributed by atoms with Crippen molar-refractivity contribution in [2.24, 2.45) is 0 Å². The van der Waals surface area contributed by atoms with E-state index in [4.69, 9.17) is 0 Å². The molecule has 1 atom stereocenters. The quantitative estimate of drug-likeness (QED) is 0.849. The van der Waals surface area contributed by atoms with Gasteiger partial charge >= 0.3 is 0 Å². The molecule has 1 aliphatic rings. The largest absolute Gasteiger partial charge is 0.372 e. The van der Waals surface area contributed by atoms with E-state index in [0.29, 0.717) is 11.5 Å². The zero-order valence-corrected chi connectivity index (χ0v) is 11.4. The van der Waals surface area contributed by atoms with Crippen LogP contribution in [0.15, 0.2) is 66.9 Å². The standard InChI is InChI=1S/C17H16N2O2/c20-17-15(11-13-7-3-1-4-8-13)18-16(12-19(17)21)14-9-5-2-6-10-14/h1-10,12,15,18,21H,11H2. The van der Waals surface area contributed by atoms with Gasteiger partial charge in [0.15, 0.2) is 0 Å². The number of hydroxylamine groups is 2. The lowest BCUT2D eigenvalue weighted by Gasteiger charge is -2.29. The second-order valence-electron chi connectivity index (χ2n) is 4.98. The van der Waals surface area contributed by atoms with Crippen molar-refractivity contribution in [2.45, 2.75) is 12.5 Å². The van der Waals surface area contributed by atoms with Gasteiger partial charge in [-0.15, -0.1) is 0 Å². The molecular weight excluding hydrogens is 264 g/mol. The second kappa shape index (κ2) is 5.81. The van der Waals surface area contributed by atoms with Gasteiger partial charge in [0.05, 0.1) is 11.9 Å². The van der Waals surface area contributed by atoms with E-state index in [2.05, 4.69) is 5.32 Å². The van der Waals surface area contributed by atoms with Crippen LogP contribution in [0.5, 0.6) is 0 Å². The zero-order valence-electron chi connectivity index (χ0n) is 11.4. The molecule has 1 heterocycles. The number of carbonyl (C=O) groups is 1. The molecule has 0 radical (unpaired) electrons. The summed E-state index contributed by atoms with van der Waals surface area (Å²) in [6.45, 7) is 0. The highest BCUT2D eigenvalue weighted by Gasteiger charge is 2.28. The maximum atomic E-state index is 12.1. The molecule has 1 amide bonds. The summed E-state index contributed by atoms with van der Waals surface area (Å²) < 4.78 is 0. The Morgan fingerprint density at radius 3 is 2.29 bits per heavy atom. The van der Waals surface area contributed by atoms with E-state index < -0.39 is 6.04 Å². The van der Waals surface area contributed by atoms with Crippen molar-refractivity contribution < 1.29 is 10.0 Å². The molecule has 1 unspecified atom stereocenters. The third kappa shape index (κ3) is 2.95. The highest BCUT2D eigenvalue weighted by molar-refractivity contribution is 5.87. The minimum Gasteiger partial charge on any atom is -0.372 e. The van der Waals surface area contributed by atoms with E-state index in [0.717, 1.165) is 16.8 Å². The van der Waals surface area contributed by atoms with E-state index in [1.165, 1.54) is 6.20 Å². The Morgan fingerprint density at radius 1 is 1.00 bits per heavy atom. The van der Waals surface area contributed by atoms with Crippen LogP contribution in [0.3, 0.4) is 0 Å². The van der Waals surface area contributed by atoms with E-state index >= 15 is 0 Å². The molecule has 0 saturated heterocycles. The minimum absolute atomic E-state index is 0.349. The van der Waals surface area contributed by atoms with Crippen LogP contribution in [0, 0.1) is 0 Å². The maximum Gasteiger partial charge on any atom is 0.272 e. The second-order valence-corrected chi connectivity index (χ2v) is 4.98. The summed E-state index contributed by atoms with van der Waals surface area (Å²) in [5.74, 6) is -0.349. The third-order valence-corrected chi connectivity index (χ3v) is 3.47. The predicted octanol–water partition coefficient (Wildman–Crippen LogP) is 2.42. The van der Waals surface area contributed by atoms with Crippen molar-refractivity contribution in [2.75, 3.05) is 0 Å². The lowest BCUT2D eigenvalue weighted by atomic mass is 10.0. The average molecular weight is 280 g/mol. The molecule has 0 fully saturated rings. The van der Waals surface area contributed by atoms with Crippen LogP contribution in [0.2, 0.25) is 0 Å². The van der Waals surface area contributed by atoms with Gasteiger partial charge in [0.1, 0.15) is 6.04 Å². The Morgan fingerprint density at radius 2 is 1.62 bits per heavy atom. The molecule has 0 aromatic heterocycles. The van der Waals surface area contributed by atoms with Gasteiger partial charge in [-0.1, -0.05) is 60.7 Å². The summed E-state index contributed by atoms with van der Waals surface area (Å²) in [6.07, 6.45) is 1.94. The first-order valence-electron chi connectivity index (χ1n) is 6.84. The summed E-state index contributed by atoms with van der Waals surface area (Å²) in [7, 11) is 0. The van der Waals surface area contributed by atoms with Gasteiger partial charge in [0.25, 0.3) is 5.91 Å². The van der Waals surface area contributed by atoms with Crippen LogP contribution in [0.4, 0.5) is 0 Å². The number of nitrogens with zero attached hydrogens (tertiary/aromatic N) is 1. The molecule has 1 aliphatic heterocycles. The third-order valence-electron chi connectivity index (χ3n) is 3.47. The van der Waals surface area contributed by atoms with Crippen molar-refractivity contribution in [1.29, 1.82) is 0 Å². The predicted molar refractivity (Wildman–Crippen MR) is 80.1 cm³/mol. The van der Waals surface area contributed by atoms with Crippen LogP contribution in [-0.2, 0) is 11.2 Å². The first-order valence-corrected chi connectivity index (χ1v) is 6.84. The van der Waals surface area contributed by atoms with Crippen molar-refractivity contribution in [3.8, 4) is 0 Å². The van der Waals surface area contributed by atoms with Gasteiger partial charge in [-0.3, -0.25) is 10.0 Å². The normalized spacial score (nSPS) is 18.1. The van der Waals surface area contributed by atoms with Gasteiger partial charge in [0.2, 0.25) is 0 Å². The Balaban J connectivity index is 1.83. The first kappa shape index (κ1) is 13.4. The summed E-state index contributed by atoms with van der Waals surface area (Å²) in [5.41, 5.74) is 2.71. The number of hydrogen-bond donors (Lipinski definition) is 2. The highest BCUT2D eigenvalue weighted by Crippen LogP contribution is 2.19. The van der Waals surface area contributed by atoms with Crippen molar-refractivity contribution >= 4 is 11.6 Å². The zero-order chi connectivity index (χ0) is 14.7. The van der Waals surface area contributed by atoms with Gasteiger partial charge in [-0.2, -0.15) is 5.06 Å². The highest BCUT2D eigenvalue weighted by atomic mass is 16.5. The van der Waals surface area contributed by atoms with Crippen molar-refractivity contribution in [3.63, 3.8) is 0 Å². The van der Waals surface area contributed by atoms with E-state index in [9.17, 15) is 10.0 Å². The number of nitrogens with one attached hydrogen (secondary N) is 1. The number of carbonyl (C=O) groups excluding carboxylic acids is 1. The monoisotopic (exact) mass is 280 g/mol. The minimum atomic E-state index is -0.474. The maximum absolute atomic E-state index is 12.1. The molecule has 3 rings (SSSR count). The topological polar surface area (TPSA) is 52.6 Å². The lowest BCUT2D eigenvalue weighted by Crippen LogP contribution is -2.48. The fraction of sp³-hybridized carbons (Fsp3) is 0.118. The Labute approximate surface area is 123 Å². The number of hydrogen-bond acceptors (Lipinski definition) is 3. The fourth-order valence-electron chi connectivity index (χ4n) is 2.40. The van der Waals surface area contributed by atoms with Crippen molar-refractivity contribution in [3.05, 3.63) is 78.0 Å². The van der Waals surface area contributed by atoms with Gasteiger partial charge in [-0.25, -0.2) is 0 Å². The smallest absolute Gasteiger partial charge is 0.272 e. The van der Waals surface area contributed by atoms with E-state index in [1.54, 1.807) is 0 Å². The first-order chi connectivity index (χ1) is 10.2. The van der Waals surface area contributed by atoms with Gasteiger partial charge < -0.3 is 5.32 Å². The molecule has 4 heteroatoms. The molecular formula is C17H16N2O2. The molecule has 0 saturated carbocycles. The summed E-state index contributed by atoms with van der Waals surface area (Å²) in [4.78, 5) is 12.1. The fourth-order valence-corrected chi connectivity index (χ4v) is 2.40. The van der Waals surface area contributed by atoms with E-state index in [-0.39, 0.29) is 5.91 Å². The Kier molecular flexibility index (Phi) is 3.71. The Bertz CT molecular complexity index is 653. The number of benzene rings is 2. The summed E-state index contributed by atoms with van der Waals surface area (Å²) in [6, 6.07) is 18.9. The number of amides is 1. The average Bonchev–Trinajstić information content (AvgIpc) is 2.53. The summed E-state index contributed by atoms with van der Waals surface area (Å²) in [5, 5.41) is 13.7. The van der Waals surface area contributed by atoms with Crippen LogP contribution in [-0.4, -0.2) is 22.2 Å². The molecule has 4 nitrogen and oxygen atoms in total. The Hall–Kier alpha value is -2.59. The van der Waals surface area contributed by atoms with Crippen LogP contribution in [0.1, 0.15) is 11.1 Å². The number of rotatable bonds is 3. The SMILES string of the molecule is O=C1C(Cc2ccccc2)NC(c2ccccc2)=CN1O. The molecule has 0 spiro atoms. The molecule has 0 aliphatic carbocycles. The summed E-state index contributed by atoms with van der Waals surface area (Å²) >= 11 is 0. The van der Waals surface area contributed by atoms with Crippen LogP contribution in [0.25, 0.3) is 5.70 Å². The molecule has 2 aromatic carbocycles. The molecule has 106 valence electrons. The van der Waals surface area contributed by atoms with Gasteiger partial charge in [0, 0.05) is 6.42 Å². The molecule has 0 bridgehead atoms. The van der Waals surface area contributed by atoms with Crippen LogP contribution >= 0.6 is 0 Å². The molecule has 2 aromatic rings. The molecule has 2 N–H and O–H groups in total. The van der Waals surface area contributed by atoms with E-state index in [1.807, 2.05) is 60.7 Å². The van der Waals surface area contributed by atoms with Crippen molar-refractivity contribution in [1.82, 2.24) is 10.4 Å². The van der Waals surface area contributed by atoms with Crippen LogP contribution < -0.4 is 5.32 Å².